The van der Waals surface area contributed by atoms with E-state index in [0.29, 0.717) is 17.0 Å². The molecule has 5 heteroatoms. The molecule has 0 unspecified atom stereocenters. The van der Waals surface area contributed by atoms with Gasteiger partial charge in [0.15, 0.2) is 0 Å². The summed E-state index contributed by atoms with van der Waals surface area (Å²) in [6.07, 6.45) is 1.59. The zero-order valence-electron chi connectivity index (χ0n) is 11.3. The van der Waals surface area contributed by atoms with Crippen molar-refractivity contribution < 1.29 is 19.0 Å². The van der Waals surface area contributed by atoms with Crippen LogP contribution >= 0.6 is 0 Å². The first-order valence-corrected chi connectivity index (χ1v) is 6.20. The molecule has 0 saturated carbocycles. The van der Waals surface area contributed by atoms with Crippen LogP contribution in [0.4, 0.5) is 10.1 Å². The molecule has 0 radical (unpaired) electrons. The summed E-state index contributed by atoms with van der Waals surface area (Å²) < 4.78 is 18.1. The average molecular weight is 287 g/mol. The number of nitrogens with one attached hydrogen (secondary N) is 1. The highest BCUT2D eigenvalue weighted by Crippen LogP contribution is 2.17. The molecule has 0 atom stereocenters. The zero-order chi connectivity index (χ0) is 15.2. The van der Waals surface area contributed by atoms with E-state index in [1.807, 2.05) is 0 Å². The van der Waals surface area contributed by atoms with Gasteiger partial charge in [0.05, 0.1) is 12.7 Å². The van der Waals surface area contributed by atoms with Gasteiger partial charge in [-0.15, -0.1) is 0 Å². The number of ether oxygens (including phenoxy) is 1. The fraction of sp³-hybridized carbons (Fsp3) is 0.0625. The third-order valence-electron chi connectivity index (χ3n) is 2.83. The number of aromatic carboxylic acids is 1. The van der Waals surface area contributed by atoms with E-state index in [4.69, 9.17) is 9.84 Å². The first-order chi connectivity index (χ1) is 10.1. The molecular weight excluding hydrogens is 273 g/mol. The molecule has 2 aromatic carbocycles. The molecule has 2 N–H and O–H groups in total. The summed E-state index contributed by atoms with van der Waals surface area (Å²) >= 11 is 0. The van der Waals surface area contributed by atoms with E-state index < -0.39 is 5.97 Å². The van der Waals surface area contributed by atoms with Crippen LogP contribution in [0.25, 0.3) is 5.76 Å². The van der Waals surface area contributed by atoms with E-state index in [9.17, 15) is 9.18 Å². The SMILES string of the molecule is CO/C(=C\Nc1cccc(C(=O)O)c1)c1ccc(F)cc1. The van der Waals surface area contributed by atoms with Crippen molar-refractivity contribution in [2.24, 2.45) is 0 Å². The fourth-order valence-corrected chi connectivity index (χ4v) is 1.77. The van der Waals surface area contributed by atoms with Crippen LogP contribution in [0.5, 0.6) is 0 Å². The van der Waals surface area contributed by atoms with Crippen molar-refractivity contribution >= 4 is 17.4 Å². The lowest BCUT2D eigenvalue weighted by Gasteiger charge is -2.08. The standard InChI is InChI=1S/C16H14FNO3/c1-21-15(11-5-7-13(17)8-6-11)10-18-14-4-2-3-12(9-14)16(19)20/h2-10,18H,1H3,(H,19,20)/b15-10-. The highest BCUT2D eigenvalue weighted by atomic mass is 19.1. The topological polar surface area (TPSA) is 58.6 Å². The lowest BCUT2D eigenvalue weighted by molar-refractivity contribution is 0.0697. The second kappa shape index (κ2) is 6.56. The number of carboxylic acids is 1. The second-order valence-corrected chi connectivity index (χ2v) is 4.25. The molecule has 0 heterocycles. The largest absolute Gasteiger partial charge is 0.495 e. The minimum absolute atomic E-state index is 0.189. The number of rotatable bonds is 5. The molecule has 0 amide bonds. The molecule has 0 aliphatic heterocycles. The summed E-state index contributed by atoms with van der Waals surface area (Å²) in [4.78, 5) is 10.9. The molecular formula is C16H14FNO3. The third-order valence-corrected chi connectivity index (χ3v) is 2.83. The maximum atomic E-state index is 12.9. The van der Waals surface area contributed by atoms with Crippen LogP contribution in [-0.4, -0.2) is 18.2 Å². The van der Waals surface area contributed by atoms with Crippen LogP contribution in [0.15, 0.2) is 54.7 Å². The Hall–Kier alpha value is -2.82. The first kappa shape index (κ1) is 14.6. The van der Waals surface area contributed by atoms with Gasteiger partial charge in [-0.2, -0.15) is 0 Å². The van der Waals surface area contributed by atoms with Gasteiger partial charge in [-0.05, 0) is 42.5 Å². The van der Waals surface area contributed by atoms with Gasteiger partial charge in [-0.1, -0.05) is 6.07 Å². The quantitative estimate of drug-likeness (QED) is 0.825. The van der Waals surface area contributed by atoms with E-state index in [0.717, 1.165) is 0 Å². The average Bonchev–Trinajstić information content (AvgIpc) is 2.50. The van der Waals surface area contributed by atoms with Crippen molar-refractivity contribution in [2.75, 3.05) is 12.4 Å². The van der Waals surface area contributed by atoms with Crippen LogP contribution in [-0.2, 0) is 4.74 Å². The number of carboxylic acid groups (broad SMARTS) is 1. The summed E-state index contributed by atoms with van der Waals surface area (Å²) in [6.45, 7) is 0. The van der Waals surface area contributed by atoms with Crippen molar-refractivity contribution in [3.05, 3.63) is 71.7 Å². The molecule has 0 bridgehead atoms. The zero-order valence-corrected chi connectivity index (χ0v) is 11.3. The number of methoxy groups -OCH3 is 1. The number of anilines is 1. The molecule has 0 aromatic heterocycles. The maximum Gasteiger partial charge on any atom is 0.335 e. The Morgan fingerprint density at radius 3 is 2.52 bits per heavy atom. The van der Waals surface area contributed by atoms with Gasteiger partial charge in [0.25, 0.3) is 0 Å². The van der Waals surface area contributed by atoms with Crippen LogP contribution in [0.1, 0.15) is 15.9 Å². The minimum Gasteiger partial charge on any atom is -0.495 e. The molecule has 0 saturated heterocycles. The predicted molar refractivity (Wildman–Crippen MR) is 78.4 cm³/mol. The molecule has 0 fully saturated rings. The van der Waals surface area contributed by atoms with E-state index in [1.165, 1.54) is 31.4 Å². The molecule has 4 nitrogen and oxygen atoms in total. The normalized spacial score (nSPS) is 11.0. The number of hydrogen-bond donors (Lipinski definition) is 2. The van der Waals surface area contributed by atoms with Gasteiger partial charge in [-0.25, -0.2) is 9.18 Å². The number of halogens is 1. The Labute approximate surface area is 121 Å². The third kappa shape index (κ3) is 3.82. The molecule has 2 aromatic rings. The van der Waals surface area contributed by atoms with Crippen LogP contribution in [0, 0.1) is 5.82 Å². The molecule has 108 valence electrons. The van der Waals surface area contributed by atoms with Gasteiger partial charge >= 0.3 is 5.97 Å². The van der Waals surface area contributed by atoms with Crippen LogP contribution in [0.2, 0.25) is 0 Å². The number of carbonyl (C=O) groups is 1. The summed E-state index contributed by atoms with van der Waals surface area (Å²) in [5, 5.41) is 11.9. The number of hydrogen-bond acceptors (Lipinski definition) is 3. The van der Waals surface area contributed by atoms with Crippen LogP contribution < -0.4 is 5.32 Å². The maximum absolute atomic E-state index is 12.9. The summed E-state index contributed by atoms with van der Waals surface area (Å²) in [6, 6.07) is 12.3. The van der Waals surface area contributed by atoms with Crippen LogP contribution in [0.3, 0.4) is 0 Å². The lowest BCUT2D eigenvalue weighted by Crippen LogP contribution is -1.98. The van der Waals surface area contributed by atoms with Gasteiger partial charge < -0.3 is 15.2 Å². The lowest BCUT2D eigenvalue weighted by atomic mass is 10.2. The Morgan fingerprint density at radius 1 is 1.19 bits per heavy atom. The molecule has 0 aliphatic rings. The smallest absolute Gasteiger partial charge is 0.335 e. The molecule has 2 rings (SSSR count). The van der Waals surface area contributed by atoms with E-state index in [1.54, 1.807) is 30.5 Å². The molecule has 0 aliphatic carbocycles. The van der Waals surface area contributed by atoms with Gasteiger partial charge in [0.2, 0.25) is 0 Å². The van der Waals surface area contributed by atoms with Crippen molar-refractivity contribution in [3.8, 4) is 0 Å². The number of benzene rings is 2. The van der Waals surface area contributed by atoms with E-state index in [2.05, 4.69) is 5.32 Å². The van der Waals surface area contributed by atoms with Gasteiger partial charge in [0, 0.05) is 17.5 Å². The van der Waals surface area contributed by atoms with Crippen molar-refractivity contribution in [1.82, 2.24) is 0 Å². The first-order valence-electron chi connectivity index (χ1n) is 6.20. The van der Waals surface area contributed by atoms with E-state index in [-0.39, 0.29) is 11.4 Å². The van der Waals surface area contributed by atoms with Gasteiger partial charge in [0.1, 0.15) is 11.6 Å². The minimum atomic E-state index is -0.992. The van der Waals surface area contributed by atoms with Crippen molar-refractivity contribution in [1.29, 1.82) is 0 Å². The molecule has 0 spiro atoms. The molecule has 21 heavy (non-hydrogen) atoms. The summed E-state index contributed by atoms with van der Waals surface area (Å²) in [5.74, 6) is -0.805. The Morgan fingerprint density at radius 2 is 1.90 bits per heavy atom. The second-order valence-electron chi connectivity index (χ2n) is 4.25. The van der Waals surface area contributed by atoms with Gasteiger partial charge in [-0.3, -0.25) is 0 Å². The van der Waals surface area contributed by atoms with Crippen molar-refractivity contribution in [2.45, 2.75) is 0 Å². The summed E-state index contributed by atoms with van der Waals surface area (Å²) in [7, 11) is 1.50. The highest BCUT2D eigenvalue weighted by molar-refractivity contribution is 5.88. The van der Waals surface area contributed by atoms with Crippen molar-refractivity contribution in [3.63, 3.8) is 0 Å². The summed E-state index contributed by atoms with van der Waals surface area (Å²) in [5.41, 5.74) is 1.52. The highest BCUT2D eigenvalue weighted by Gasteiger charge is 2.04. The Balaban J connectivity index is 2.19. The Kier molecular flexibility index (Phi) is 4.56. The fourth-order valence-electron chi connectivity index (χ4n) is 1.77. The van der Waals surface area contributed by atoms with E-state index >= 15 is 0 Å². The Bertz CT molecular complexity index is 665. The predicted octanol–water partition coefficient (Wildman–Crippen LogP) is 3.58. The monoisotopic (exact) mass is 287 g/mol.